The molecule has 0 aliphatic carbocycles. The van der Waals surface area contributed by atoms with E-state index in [9.17, 15) is 14.4 Å². The average molecular weight is 202 g/mol. The van der Waals surface area contributed by atoms with Crippen molar-refractivity contribution in [3.8, 4) is 0 Å². The monoisotopic (exact) mass is 202 g/mol. The Kier molecular flexibility index (Phi) is 5.01. The first-order valence-electron chi connectivity index (χ1n) is 4.19. The van der Waals surface area contributed by atoms with Gasteiger partial charge in [-0.15, -0.1) is 0 Å². The van der Waals surface area contributed by atoms with Crippen molar-refractivity contribution in [2.24, 2.45) is 5.92 Å². The van der Waals surface area contributed by atoms with Crippen molar-refractivity contribution in [3.05, 3.63) is 0 Å². The third-order valence-electron chi connectivity index (χ3n) is 1.19. The number of hydrogen-bond acceptors (Lipinski definition) is 5. The highest BCUT2D eigenvalue weighted by Gasteiger charge is 2.22. The Bertz CT molecular complexity index is 216. The molecule has 0 saturated carbocycles. The van der Waals surface area contributed by atoms with Gasteiger partial charge in [0.15, 0.2) is 0 Å². The predicted octanol–water partition coefficient (Wildman–Crippen LogP) is 0.664. The van der Waals surface area contributed by atoms with E-state index >= 15 is 0 Å². The summed E-state index contributed by atoms with van der Waals surface area (Å²) in [6.07, 6.45) is 0.663. The minimum absolute atomic E-state index is 0.185. The fourth-order valence-electron chi connectivity index (χ4n) is 0.539. The van der Waals surface area contributed by atoms with E-state index in [1.807, 2.05) is 0 Å². The summed E-state index contributed by atoms with van der Waals surface area (Å²) in [5.74, 6) is -1.92. The number of carbonyl (C=O) groups excluding carboxylic acids is 3. The van der Waals surface area contributed by atoms with Crippen LogP contribution in [0.1, 0.15) is 27.2 Å². The van der Waals surface area contributed by atoms with Gasteiger partial charge in [0.1, 0.15) is 24.1 Å². The highest BCUT2D eigenvalue weighted by Crippen LogP contribution is 2.09. The van der Waals surface area contributed by atoms with Crippen LogP contribution in [-0.4, -0.2) is 24.1 Å². The zero-order valence-electron chi connectivity index (χ0n) is 8.48. The van der Waals surface area contributed by atoms with Gasteiger partial charge in [0, 0.05) is 6.42 Å². The summed E-state index contributed by atoms with van der Waals surface area (Å²) in [4.78, 5) is 40.6. The summed E-state index contributed by atoms with van der Waals surface area (Å²) in [5.41, 5.74) is -0.635. The van der Waals surface area contributed by atoms with Crippen molar-refractivity contribution in [3.63, 3.8) is 0 Å². The molecule has 1 atom stereocenters. The third-order valence-corrected chi connectivity index (χ3v) is 1.19. The van der Waals surface area contributed by atoms with Gasteiger partial charge in [-0.1, -0.05) is 0 Å². The Morgan fingerprint density at radius 3 is 2.29 bits per heavy atom. The Balaban J connectivity index is 4.05. The van der Waals surface area contributed by atoms with Gasteiger partial charge in [-0.3, -0.25) is 4.89 Å². The fourth-order valence-corrected chi connectivity index (χ4v) is 0.539. The number of aldehydes is 2. The van der Waals surface area contributed by atoms with Crippen LogP contribution < -0.4 is 0 Å². The van der Waals surface area contributed by atoms with Crippen molar-refractivity contribution in [1.29, 1.82) is 0 Å². The maximum Gasteiger partial charge on any atom is 0.352 e. The normalized spacial score (nSPS) is 13.1. The van der Waals surface area contributed by atoms with E-state index in [1.165, 1.54) is 0 Å². The van der Waals surface area contributed by atoms with Crippen LogP contribution >= 0.6 is 0 Å². The minimum atomic E-state index is -1.07. The second-order valence-corrected chi connectivity index (χ2v) is 3.74. The van der Waals surface area contributed by atoms with Crippen molar-refractivity contribution in [1.82, 2.24) is 0 Å². The van der Waals surface area contributed by atoms with Crippen molar-refractivity contribution >= 4 is 18.5 Å². The van der Waals surface area contributed by atoms with Crippen molar-refractivity contribution < 1.29 is 24.2 Å². The molecule has 0 saturated heterocycles. The SMILES string of the molecule is CC(C)(C)OOC(=O)C(C=O)CC=O. The van der Waals surface area contributed by atoms with Crippen LogP contribution in [0, 0.1) is 5.92 Å². The summed E-state index contributed by atoms with van der Waals surface area (Å²) < 4.78 is 0. The van der Waals surface area contributed by atoms with Gasteiger partial charge in [-0.05, 0) is 20.8 Å². The van der Waals surface area contributed by atoms with Crippen LogP contribution in [0.5, 0.6) is 0 Å². The first-order chi connectivity index (χ1) is 6.40. The van der Waals surface area contributed by atoms with Crippen LogP contribution in [0.2, 0.25) is 0 Å². The Labute approximate surface area is 82.3 Å². The van der Waals surface area contributed by atoms with Gasteiger partial charge in [-0.25, -0.2) is 4.79 Å². The topological polar surface area (TPSA) is 69.7 Å². The van der Waals surface area contributed by atoms with Crippen LogP contribution in [-0.2, 0) is 24.2 Å². The largest absolute Gasteiger partial charge is 0.352 e. The standard InChI is InChI=1S/C9H14O5/c1-9(2,3)14-13-8(12)7(6-11)4-5-10/h5-7H,4H2,1-3H3. The second-order valence-electron chi connectivity index (χ2n) is 3.74. The van der Waals surface area contributed by atoms with Gasteiger partial charge in [0.05, 0.1) is 0 Å². The van der Waals surface area contributed by atoms with E-state index in [4.69, 9.17) is 4.89 Å². The summed E-state index contributed by atoms with van der Waals surface area (Å²) in [6, 6.07) is 0. The maximum absolute atomic E-state index is 11.1. The lowest BCUT2D eigenvalue weighted by molar-refractivity contribution is -0.322. The number of carbonyl (C=O) groups is 3. The highest BCUT2D eigenvalue weighted by molar-refractivity contribution is 5.89. The summed E-state index contributed by atoms with van der Waals surface area (Å²) >= 11 is 0. The molecule has 0 aromatic carbocycles. The molecule has 0 spiro atoms. The second kappa shape index (κ2) is 5.49. The summed E-state index contributed by atoms with van der Waals surface area (Å²) in [6.45, 7) is 5.07. The molecule has 0 fully saturated rings. The van der Waals surface area contributed by atoms with Gasteiger partial charge < -0.3 is 9.59 Å². The Morgan fingerprint density at radius 1 is 1.36 bits per heavy atom. The van der Waals surface area contributed by atoms with Gasteiger partial charge in [0.25, 0.3) is 0 Å². The van der Waals surface area contributed by atoms with Crippen LogP contribution in [0.15, 0.2) is 0 Å². The molecule has 1 unspecified atom stereocenters. The lowest BCUT2D eigenvalue weighted by Crippen LogP contribution is -2.26. The van der Waals surface area contributed by atoms with Crippen LogP contribution in [0.3, 0.4) is 0 Å². The van der Waals surface area contributed by atoms with E-state index in [0.717, 1.165) is 0 Å². The Morgan fingerprint density at radius 2 is 1.93 bits per heavy atom. The molecule has 0 N–H and O–H groups in total. The zero-order chi connectivity index (χ0) is 11.2. The lowest BCUT2D eigenvalue weighted by atomic mass is 10.1. The van der Waals surface area contributed by atoms with Gasteiger partial charge in [0.2, 0.25) is 0 Å². The summed E-state index contributed by atoms with van der Waals surface area (Å²) in [7, 11) is 0. The predicted molar refractivity (Wildman–Crippen MR) is 47.2 cm³/mol. The fraction of sp³-hybridized carbons (Fsp3) is 0.667. The minimum Gasteiger partial charge on any atom is -0.303 e. The van der Waals surface area contributed by atoms with E-state index in [0.29, 0.717) is 12.6 Å². The molecule has 0 amide bonds. The van der Waals surface area contributed by atoms with Gasteiger partial charge >= 0.3 is 5.97 Å². The molecule has 5 heteroatoms. The maximum atomic E-state index is 11.1. The molecule has 14 heavy (non-hydrogen) atoms. The Hall–Kier alpha value is -1.23. The number of hydrogen-bond donors (Lipinski definition) is 0. The van der Waals surface area contributed by atoms with E-state index < -0.39 is 17.5 Å². The van der Waals surface area contributed by atoms with Gasteiger partial charge in [-0.2, -0.15) is 4.89 Å². The molecule has 0 rings (SSSR count). The smallest absolute Gasteiger partial charge is 0.303 e. The third kappa shape index (κ3) is 5.42. The van der Waals surface area contributed by atoms with Crippen molar-refractivity contribution in [2.75, 3.05) is 0 Å². The molecule has 80 valence electrons. The molecule has 0 radical (unpaired) electrons. The van der Waals surface area contributed by atoms with Crippen LogP contribution in [0.25, 0.3) is 0 Å². The lowest BCUT2D eigenvalue weighted by Gasteiger charge is -2.17. The molecule has 0 bridgehead atoms. The molecule has 5 nitrogen and oxygen atoms in total. The number of rotatable bonds is 5. The van der Waals surface area contributed by atoms with Crippen LogP contribution in [0.4, 0.5) is 0 Å². The van der Waals surface area contributed by atoms with Crippen molar-refractivity contribution in [2.45, 2.75) is 32.8 Å². The van der Waals surface area contributed by atoms with E-state index in [2.05, 4.69) is 4.89 Å². The van der Waals surface area contributed by atoms with E-state index in [1.54, 1.807) is 20.8 Å². The molecule has 0 aromatic rings. The molecule has 0 heterocycles. The summed E-state index contributed by atoms with van der Waals surface area (Å²) in [5, 5.41) is 0. The molecular weight excluding hydrogens is 188 g/mol. The van der Waals surface area contributed by atoms with E-state index in [-0.39, 0.29) is 6.42 Å². The molecule has 0 aliphatic rings. The quantitative estimate of drug-likeness (QED) is 0.283. The first-order valence-corrected chi connectivity index (χ1v) is 4.19. The first kappa shape index (κ1) is 12.8. The molecule has 0 aromatic heterocycles. The average Bonchev–Trinajstić information content (AvgIpc) is 2.09. The zero-order valence-corrected chi connectivity index (χ0v) is 8.48. The highest BCUT2D eigenvalue weighted by atomic mass is 17.2. The molecular formula is C9H14O5. The molecule has 0 aliphatic heterocycles.